The molecule has 0 bridgehead atoms. The normalized spacial score (nSPS) is 12.3. The van der Waals surface area contributed by atoms with Gasteiger partial charge in [0.2, 0.25) is 0 Å². The van der Waals surface area contributed by atoms with Crippen LogP contribution in [0.1, 0.15) is 28.4 Å². The topological polar surface area (TPSA) is 157 Å². The Morgan fingerprint density at radius 3 is 2.62 bits per heavy atom. The molecule has 1 unspecified atom stereocenters. The Labute approximate surface area is 222 Å². The number of aromatic hydroxyl groups is 1. The zero-order chi connectivity index (χ0) is 27.4. The Morgan fingerprint density at radius 2 is 1.90 bits per heavy atom. The number of aromatic carboxylic acids is 1. The Balaban J connectivity index is 1.64. The van der Waals surface area contributed by atoms with Gasteiger partial charge in [0.25, 0.3) is 0 Å². The minimum absolute atomic E-state index is 0.0849. The van der Waals surface area contributed by atoms with Gasteiger partial charge in [-0.1, -0.05) is 18.2 Å². The van der Waals surface area contributed by atoms with Crippen LogP contribution in [-0.2, 0) is 0 Å². The number of thiophene rings is 1. The van der Waals surface area contributed by atoms with Crippen molar-refractivity contribution in [1.29, 1.82) is 0 Å². The number of benzene rings is 2. The number of hydrogen-bond donors (Lipinski definition) is 3. The van der Waals surface area contributed by atoms with Crippen molar-refractivity contribution in [1.82, 2.24) is 19.7 Å². The lowest BCUT2D eigenvalue weighted by Crippen LogP contribution is -2.14. The molecule has 6 rings (SSSR count). The van der Waals surface area contributed by atoms with Crippen LogP contribution in [0.2, 0.25) is 0 Å². The van der Waals surface area contributed by atoms with Crippen LogP contribution in [0.5, 0.6) is 5.75 Å². The highest BCUT2D eigenvalue weighted by atomic mass is 32.1. The summed E-state index contributed by atoms with van der Waals surface area (Å²) in [6.07, 6.45) is 1.26. The molecule has 0 fully saturated rings. The fourth-order valence-corrected chi connectivity index (χ4v) is 5.55. The predicted octanol–water partition coefficient (Wildman–Crippen LogP) is 5.06. The van der Waals surface area contributed by atoms with E-state index < -0.39 is 23.5 Å². The highest BCUT2D eigenvalue weighted by Crippen LogP contribution is 2.41. The SMILES string of the molecule is CC(c1oc(=O)c2ccccc2c1-c1ccc(C(=O)O)s1)n1nc(-c2cc(O)cc(F)c2)c2c(N)ncnc21. The van der Waals surface area contributed by atoms with Crippen LogP contribution in [0.4, 0.5) is 10.2 Å². The van der Waals surface area contributed by atoms with Gasteiger partial charge >= 0.3 is 11.6 Å². The van der Waals surface area contributed by atoms with Crippen LogP contribution in [0.3, 0.4) is 0 Å². The highest BCUT2D eigenvalue weighted by molar-refractivity contribution is 7.17. The molecule has 0 aliphatic carbocycles. The maximum atomic E-state index is 14.2. The zero-order valence-corrected chi connectivity index (χ0v) is 20.9. The first-order valence-electron chi connectivity index (χ1n) is 11.6. The van der Waals surface area contributed by atoms with Gasteiger partial charge in [0, 0.05) is 27.5 Å². The average Bonchev–Trinajstić information content (AvgIpc) is 3.54. The van der Waals surface area contributed by atoms with Crippen molar-refractivity contribution in [3.05, 3.63) is 87.8 Å². The quantitative estimate of drug-likeness (QED) is 0.270. The van der Waals surface area contributed by atoms with Gasteiger partial charge in [-0.25, -0.2) is 28.6 Å². The molecule has 1 atom stereocenters. The number of halogens is 1. The maximum absolute atomic E-state index is 14.2. The van der Waals surface area contributed by atoms with E-state index >= 15 is 0 Å². The number of phenols is 1. The zero-order valence-electron chi connectivity index (χ0n) is 20.1. The molecule has 0 radical (unpaired) electrons. The van der Waals surface area contributed by atoms with Crippen LogP contribution in [0.25, 0.3) is 43.5 Å². The van der Waals surface area contributed by atoms with Gasteiger partial charge in [-0.15, -0.1) is 11.3 Å². The molecule has 4 aromatic heterocycles. The summed E-state index contributed by atoms with van der Waals surface area (Å²) in [5, 5.41) is 25.4. The number of fused-ring (bicyclic) bond motifs is 2. The Kier molecular flexibility index (Phi) is 5.61. The summed E-state index contributed by atoms with van der Waals surface area (Å²) in [4.78, 5) is 33.8. The Bertz CT molecular complexity index is 1980. The van der Waals surface area contributed by atoms with Gasteiger partial charge in [0.15, 0.2) is 5.65 Å². The number of rotatable bonds is 5. The van der Waals surface area contributed by atoms with Gasteiger partial charge in [-0.2, -0.15) is 5.10 Å². The van der Waals surface area contributed by atoms with Gasteiger partial charge in [-0.3, -0.25) is 0 Å². The molecule has 4 heterocycles. The summed E-state index contributed by atoms with van der Waals surface area (Å²) in [5.74, 6) is -1.75. The lowest BCUT2D eigenvalue weighted by molar-refractivity contribution is 0.0702. The largest absolute Gasteiger partial charge is 0.508 e. The maximum Gasteiger partial charge on any atom is 0.345 e. The third-order valence-corrected chi connectivity index (χ3v) is 7.44. The highest BCUT2D eigenvalue weighted by Gasteiger charge is 2.27. The van der Waals surface area contributed by atoms with E-state index in [0.717, 1.165) is 17.4 Å². The van der Waals surface area contributed by atoms with Crippen molar-refractivity contribution in [3.8, 4) is 27.4 Å². The van der Waals surface area contributed by atoms with E-state index in [9.17, 15) is 24.2 Å². The smallest absolute Gasteiger partial charge is 0.345 e. The van der Waals surface area contributed by atoms with Crippen molar-refractivity contribution in [2.45, 2.75) is 13.0 Å². The van der Waals surface area contributed by atoms with E-state index in [-0.39, 0.29) is 39.1 Å². The van der Waals surface area contributed by atoms with Crippen molar-refractivity contribution in [2.75, 3.05) is 5.73 Å². The molecule has 0 saturated carbocycles. The van der Waals surface area contributed by atoms with Crippen LogP contribution in [0.15, 0.2) is 70.1 Å². The summed E-state index contributed by atoms with van der Waals surface area (Å²) < 4.78 is 21.5. The minimum atomic E-state index is -1.07. The molecule has 0 saturated heterocycles. The fraction of sp³-hybridized carbons (Fsp3) is 0.0741. The Morgan fingerprint density at radius 1 is 1.13 bits per heavy atom. The predicted molar refractivity (Wildman–Crippen MR) is 143 cm³/mol. The second-order valence-corrected chi connectivity index (χ2v) is 9.85. The third kappa shape index (κ3) is 3.97. The lowest BCUT2D eigenvalue weighted by atomic mass is 10.0. The van der Waals surface area contributed by atoms with E-state index in [0.29, 0.717) is 26.6 Å². The molecule has 10 nitrogen and oxygen atoms in total. The number of nitrogens with two attached hydrogens (primary N) is 1. The number of carboxylic acid groups (broad SMARTS) is 1. The summed E-state index contributed by atoms with van der Waals surface area (Å²) >= 11 is 1.05. The molecular formula is C27H18FN5O5S. The number of nitrogens with zero attached hydrogens (tertiary/aromatic N) is 4. The molecule has 2 aromatic carbocycles. The monoisotopic (exact) mass is 543 g/mol. The van der Waals surface area contributed by atoms with Gasteiger partial charge < -0.3 is 20.4 Å². The first-order valence-corrected chi connectivity index (χ1v) is 12.4. The van der Waals surface area contributed by atoms with Crippen molar-refractivity contribution >= 4 is 44.9 Å². The number of aromatic nitrogens is 4. The molecule has 6 aromatic rings. The second-order valence-electron chi connectivity index (χ2n) is 8.77. The van der Waals surface area contributed by atoms with E-state index in [2.05, 4.69) is 15.1 Å². The molecule has 12 heteroatoms. The van der Waals surface area contributed by atoms with Crippen LogP contribution in [0, 0.1) is 5.82 Å². The molecular weight excluding hydrogens is 525 g/mol. The molecule has 0 aliphatic heterocycles. The molecule has 194 valence electrons. The molecule has 0 amide bonds. The summed E-state index contributed by atoms with van der Waals surface area (Å²) in [7, 11) is 0. The standard InChI is InChI=1S/C27H18FN5O5S/c1-12(33-25-21(24(29)30-11-31-25)22(32-33)13-8-14(28)10-15(34)9-13)23-20(18-6-7-19(39-18)26(35)36)16-4-2-3-5-17(16)27(37)38-23/h2-12,34H,1H3,(H,35,36)(H2,29,30,31). The fourth-order valence-electron chi connectivity index (χ4n) is 4.64. The minimum Gasteiger partial charge on any atom is -0.508 e. The number of nitrogen functional groups attached to an aromatic ring is 1. The molecule has 0 aliphatic rings. The van der Waals surface area contributed by atoms with Gasteiger partial charge in [0.1, 0.15) is 46.1 Å². The van der Waals surface area contributed by atoms with Crippen molar-refractivity contribution in [2.24, 2.45) is 0 Å². The van der Waals surface area contributed by atoms with Gasteiger partial charge in [0.05, 0.1) is 10.8 Å². The van der Waals surface area contributed by atoms with E-state index in [4.69, 9.17) is 10.2 Å². The first kappa shape index (κ1) is 24.2. The number of anilines is 1. The van der Waals surface area contributed by atoms with Crippen LogP contribution >= 0.6 is 11.3 Å². The molecule has 39 heavy (non-hydrogen) atoms. The van der Waals surface area contributed by atoms with E-state index in [1.165, 1.54) is 29.2 Å². The lowest BCUT2D eigenvalue weighted by Gasteiger charge is -2.17. The number of hydrogen-bond acceptors (Lipinski definition) is 9. The van der Waals surface area contributed by atoms with Crippen LogP contribution < -0.4 is 11.4 Å². The summed E-state index contributed by atoms with van der Waals surface area (Å²) in [5.41, 5.74) is 6.89. The van der Waals surface area contributed by atoms with Crippen molar-refractivity contribution < 1.29 is 23.8 Å². The third-order valence-electron chi connectivity index (χ3n) is 6.35. The molecule has 4 N–H and O–H groups in total. The molecule has 0 spiro atoms. The van der Waals surface area contributed by atoms with Gasteiger partial charge in [-0.05, 0) is 37.3 Å². The second kappa shape index (κ2) is 9.03. The number of phenolic OH excluding ortho intramolecular Hbond substituents is 1. The van der Waals surface area contributed by atoms with E-state index in [1.54, 1.807) is 37.3 Å². The number of carbonyl (C=O) groups is 1. The first-order chi connectivity index (χ1) is 18.7. The summed E-state index contributed by atoms with van der Waals surface area (Å²) in [6, 6.07) is 12.8. The van der Waals surface area contributed by atoms with Crippen LogP contribution in [-0.4, -0.2) is 35.9 Å². The average molecular weight is 544 g/mol. The van der Waals surface area contributed by atoms with E-state index in [1.807, 2.05) is 0 Å². The van der Waals surface area contributed by atoms with Crippen molar-refractivity contribution in [3.63, 3.8) is 0 Å². The number of carboxylic acids is 1. The summed E-state index contributed by atoms with van der Waals surface area (Å²) in [6.45, 7) is 1.74. The Hall–Kier alpha value is -5.10.